The number of fused-ring (bicyclic) bond motifs is 6. The Bertz CT molecular complexity index is 4450. The van der Waals surface area contributed by atoms with Crippen molar-refractivity contribution in [1.82, 2.24) is 24.1 Å². The number of hydrogen-bond donors (Lipinski definition) is 0. The lowest BCUT2D eigenvalue weighted by Gasteiger charge is -2.18. The maximum Gasteiger partial charge on any atom is 0.166 e. The molecule has 13 aromatic rings. The highest BCUT2D eigenvalue weighted by molar-refractivity contribution is 6.13. The summed E-state index contributed by atoms with van der Waals surface area (Å²) in [5.74, 6) is 1.51. The van der Waals surface area contributed by atoms with E-state index >= 15 is 0 Å². The average Bonchev–Trinajstić information content (AvgIpc) is 4.01. The zero-order valence-corrected chi connectivity index (χ0v) is 40.4. The summed E-state index contributed by atoms with van der Waals surface area (Å²) in [4.78, 5) is 15.8. The number of hydrogen-bond acceptors (Lipinski definition) is 7. The van der Waals surface area contributed by atoms with Crippen LogP contribution >= 0.6 is 0 Å². The summed E-state index contributed by atoms with van der Waals surface area (Å²) in [6.07, 6.45) is 0. The van der Waals surface area contributed by atoms with Crippen LogP contribution < -0.4 is 0 Å². The molecule has 0 aliphatic rings. The molecule has 3 aromatic heterocycles. The standard InChI is InChI=1S/C67H37N9/c68-38-42-23-28-51(49(33-42)40-70)46-25-30-62-56(35-46)57-36-47(52-29-24-43(39-69)34-50(52)41-71)26-31-63(57)76(62)64-32-27-48(53-17-7-10-20-59(53)75-60-21-11-8-18-54(60)55-19-9-12-22-61(55)75)37-58(64)67-73-65(44-13-3-1-4-14-44)72-66(74-67)45-15-5-2-6-16-45/h1-37H. The SMILES string of the molecule is N#Cc1ccc(-c2ccc3c(c2)c2cc(-c4ccc(C#N)cc4C#N)ccc2n3-c2ccc(-c3ccccc3-n3c4ccccc4c4ccccc43)cc2-c2nc(-c3ccccc3)nc(-c3ccccc3)n2)c(C#N)c1. The van der Waals surface area contributed by atoms with Gasteiger partial charge in [-0.1, -0.05) is 146 Å². The molecule has 0 saturated carbocycles. The molecule has 9 nitrogen and oxygen atoms in total. The Morgan fingerprint density at radius 3 is 1.21 bits per heavy atom. The van der Waals surface area contributed by atoms with Crippen molar-refractivity contribution in [3.05, 3.63) is 247 Å². The highest BCUT2D eigenvalue weighted by Crippen LogP contribution is 2.43. The van der Waals surface area contributed by atoms with E-state index < -0.39 is 0 Å². The molecule has 0 N–H and O–H groups in total. The molecule has 0 spiro atoms. The van der Waals surface area contributed by atoms with Crippen molar-refractivity contribution >= 4 is 43.6 Å². The zero-order valence-electron chi connectivity index (χ0n) is 40.4. The van der Waals surface area contributed by atoms with Crippen LogP contribution in [0, 0.1) is 45.3 Å². The zero-order chi connectivity index (χ0) is 51.3. The molecule has 0 unspecified atom stereocenters. The first-order valence-corrected chi connectivity index (χ1v) is 24.6. The van der Waals surface area contributed by atoms with E-state index in [1.807, 2.05) is 84.9 Å². The number of rotatable bonds is 8. The van der Waals surface area contributed by atoms with Gasteiger partial charge >= 0.3 is 0 Å². The molecule has 0 atom stereocenters. The summed E-state index contributed by atoms with van der Waals surface area (Å²) in [5.41, 5.74) is 14.7. The highest BCUT2D eigenvalue weighted by Gasteiger charge is 2.24. The first-order chi connectivity index (χ1) is 37.5. The summed E-state index contributed by atoms with van der Waals surface area (Å²) < 4.78 is 4.58. The Kier molecular flexibility index (Phi) is 10.8. The lowest BCUT2D eigenvalue weighted by Crippen LogP contribution is -2.04. The van der Waals surface area contributed by atoms with Crippen LogP contribution in [0.25, 0.3) is 123 Å². The van der Waals surface area contributed by atoms with Gasteiger partial charge in [-0.15, -0.1) is 0 Å². The summed E-state index contributed by atoms with van der Waals surface area (Å²) in [5, 5.41) is 44.3. The molecule has 0 amide bonds. The third kappa shape index (κ3) is 7.49. The fourth-order valence-electron chi connectivity index (χ4n) is 10.6. The van der Waals surface area contributed by atoms with Crippen LogP contribution in [0.2, 0.25) is 0 Å². The molecular formula is C67H37N9. The number of para-hydroxylation sites is 3. The fraction of sp³-hybridized carbons (Fsp3) is 0. The van der Waals surface area contributed by atoms with Crippen molar-refractivity contribution in [1.29, 1.82) is 21.0 Å². The van der Waals surface area contributed by atoms with Crippen molar-refractivity contribution in [2.75, 3.05) is 0 Å². The predicted octanol–water partition coefficient (Wildman–Crippen LogP) is 15.6. The number of benzene rings is 10. The van der Waals surface area contributed by atoms with Crippen molar-refractivity contribution < 1.29 is 0 Å². The van der Waals surface area contributed by atoms with E-state index in [2.05, 4.69) is 149 Å². The van der Waals surface area contributed by atoms with Crippen molar-refractivity contribution in [2.24, 2.45) is 0 Å². The van der Waals surface area contributed by atoms with Crippen LogP contribution in [0.15, 0.2) is 224 Å². The van der Waals surface area contributed by atoms with E-state index in [0.717, 1.165) is 83.2 Å². The lowest BCUT2D eigenvalue weighted by atomic mass is 9.95. The number of nitriles is 4. The van der Waals surface area contributed by atoms with E-state index in [4.69, 9.17) is 15.0 Å². The van der Waals surface area contributed by atoms with E-state index in [1.54, 1.807) is 24.3 Å². The molecule has 76 heavy (non-hydrogen) atoms. The Morgan fingerprint density at radius 2 is 0.697 bits per heavy atom. The fourth-order valence-corrected chi connectivity index (χ4v) is 10.6. The molecule has 10 aromatic carbocycles. The van der Waals surface area contributed by atoms with Crippen molar-refractivity contribution in [3.8, 4) is 103 Å². The first-order valence-electron chi connectivity index (χ1n) is 24.6. The minimum Gasteiger partial charge on any atom is -0.309 e. The molecule has 0 aliphatic carbocycles. The van der Waals surface area contributed by atoms with Crippen LogP contribution in [-0.4, -0.2) is 24.1 Å². The predicted molar refractivity (Wildman–Crippen MR) is 300 cm³/mol. The van der Waals surface area contributed by atoms with Gasteiger partial charge in [0.15, 0.2) is 17.5 Å². The molecule has 350 valence electrons. The topological polar surface area (TPSA) is 144 Å². The van der Waals surface area contributed by atoms with Gasteiger partial charge in [-0.2, -0.15) is 21.0 Å². The van der Waals surface area contributed by atoms with E-state index in [-0.39, 0.29) is 0 Å². The van der Waals surface area contributed by atoms with Crippen molar-refractivity contribution in [3.63, 3.8) is 0 Å². The summed E-state index contributed by atoms with van der Waals surface area (Å²) in [6, 6.07) is 83.5. The molecule has 0 saturated heterocycles. The van der Waals surface area contributed by atoms with Crippen LogP contribution in [0.4, 0.5) is 0 Å². The van der Waals surface area contributed by atoms with E-state index in [1.165, 1.54) is 10.8 Å². The monoisotopic (exact) mass is 967 g/mol. The van der Waals surface area contributed by atoms with Gasteiger partial charge in [0.1, 0.15) is 0 Å². The smallest absolute Gasteiger partial charge is 0.166 e. The molecule has 9 heteroatoms. The maximum absolute atomic E-state index is 10.4. The van der Waals surface area contributed by atoms with Crippen LogP contribution in [-0.2, 0) is 0 Å². The van der Waals surface area contributed by atoms with E-state index in [0.29, 0.717) is 50.9 Å². The first kappa shape index (κ1) is 44.7. The Hall–Kier alpha value is -11.2. The van der Waals surface area contributed by atoms with Gasteiger partial charge in [-0.3, -0.25) is 0 Å². The Balaban J connectivity index is 1.11. The summed E-state index contributed by atoms with van der Waals surface area (Å²) >= 11 is 0. The van der Waals surface area contributed by atoms with Crippen LogP contribution in [0.5, 0.6) is 0 Å². The normalized spacial score (nSPS) is 11.1. The second kappa shape index (κ2) is 18.4. The molecule has 3 heterocycles. The molecule has 13 rings (SSSR count). The van der Waals surface area contributed by atoms with Gasteiger partial charge in [0.2, 0.25) is 0 Å². The number of aromatic nitrogens is 5. The molecule has 0 aliphatic heterocycles. The van der Waals surface area contributed by atoms with Gasteiger partial charge in [0.05, 0.1) is 80.0 Å². The second-order valence-corrected chi connectivity index (χ2v) is 18.4. The molecule has 0 radical (unpaired) electrons. The van der Waals surface area contributed by atoms with Crippen LogP contribution in [0.3, 0.4) is 0 Å². The quantitative estimate of drug-likeness (QED) is 0.147. The van der Waals surface area contributed by atoms with Gasteiger partial charge in [0, 0.05) is 43.8 Å². The van der Waals surface area contributed by atoms with Crippen molar-refractivity contribution in [2.45, 2.75) is 0 Å². The van der Waals surface area contributed by atoms with Gasteiger partial charge in [0.25, 0.3) is 0 Å². The minimum atomic E-state index is 0.386. The van der Waals surface area contributed by atoms with Gasteiger partial charge in [-0.25, -0.2) is 15.0 Å². The molecule has 0 bridgehead atoms. The average molecular weight is 968 g/mol. The molecular weight excluding hydrogens is 931 g/mol. The Morgan fingerprint density at radius 1 is 0.276 bits per heavy atom. The largest absolute Gasteiger partial charge is 0.309 e. The van der Waals surface area contributed by atoms with Gasteiger partial charge in [-0.05, 0) is 107 Å². The summed E-state index contributed by atoms with van der Waals surface area (Å²) in [7, 11) is 0. The molecule has 0 fully saturated rings. The second-order valence-electron chi connectivity index (χ2n) is 18.4. The van der Waals surface area contributed by atoms with E-state index in [9.17, 15) is 21.0 Å². The van der Waals surface area contributed by atoms with Gasteiger partial charge < -0.3 is 9.13 Å². The maximum atomic E-state index is 10.4. The highest BCUT2D eigenvalue weighted by atomic mass is 15.1. The lowest BCUT2D eigenvalue weighted by molar-refractivity contribution is 1.06. The Labute approximate surface area is 436 Å². The minimum absolute atomic E-state index is 0.386. The van der Waals surface area contributed by atoms with Crippen LogP contribution in [0.1, 0.15) is 22.3 Å². The third-order valence-corrected chi connectivity index (χ3v) is 14.1. The summed E-state index contributed by atoms with van der Waals surface area (Å²) in [6.45, 7) is 0. The number of nitrogens with zero attached hydrogens (tertiary/aromatic N) is 9. The third-order valence-electron chi connectivity index (χ3n) is 14.1.